The number of nitrogens with two attached hydrogens (primary N) is 1. The molecule has 0 aliphatic heterocycles. The molecule has 4 N–H and O–H groups in total. The maximum Gasteiger partial charge on any atom is 0.253 e. The minimum absolute atomic E-state index is 0.0951. The Morgan fingerprint density at radius 1 is 1.62 bits per heavy atom. The molecule has 0 heterocycles. The summed E-state index contributed by atoms with van der Waals surface area (Å²) in [6, 6.07) is 4.63. The second kappa shape index (κ2) is 5.72. The van der Waals surface area contributed by atoms with Crippen molar-refractivity contribution in [2.45, 2.75) is 19.4 Å². The van der Waals surface area contributed by atoms with Crippen molar-refractivity contribution in [2.75, 3.05) is 12.3 Å². The Hall–Kier alpha value is -1.26. The molecule has 1 atom stereocenters. The van der Waals surface area contributed by atoms with Crippen LogP contribution in [0.4, 0.5) is 5.69 Å². The summed E-state index contributed by atoms with van der Waals surface area (Å²) in [5.74, 6) is -0.321. The van der Waals surface area contributed by atoms with E-state index in [9.17, 15) is 4.79 Å². The minimum atomic E-state index is -0.321. The monoisotopic (exact) mass is 242 g/mol. The van der Waals surface area contributed by atoms with Gasteiger partial charge in [0.1, 0.15) is 0 Å². The molecule has 1 amide bonds. The number of hydrogen-bond donors (Lipinski definition) is 3. The molecular weight excluding hydrogens is 228 g/mol. The molecule has 0 spiro atoms. The van der Waals surface area contributed by atoms with Crippen LogP contribution >= 0.6 is 11.6 Å². The van der Waals surface area contributed by atoms with Crippen LogP contribution in [-0.2, 0) is 0 Å². The molecule has 1 aromatic rings. The molecule has 0 unspecified atom stereocenters. The van der Waals surface area contributed by atoms with E-state index in [4.69, 9.17) is 22.4 Å². The fourth-order valence-electron chi connectivity index (χ4n) is 1.27. The van der Waals surface area contributed by atoms with E-state index in [1.165, 1.54) is 0 Å². The molecule has 5 heteroatoms. The number of rotatable bonds is 4. The summed E-state index contributed by atoms with van der Waals surface area (Å²) < 4.78 is 0. The summed E-state index contributed by atoms with van der Waals surface area (Å²) in [6.07, 6.45) is 0.655. The van der Waals surface area contributed by atoms with E-state index in [1.54, 1.807) is 18.2 Å². The molecule has 4 nitrogen and oxygen atoms in total. The number of anilines is 1. The summed E-state index contributed by atoms with van der Waals surface area (Å²) in [6.45, 7) is 1.78. The van der Waals surface area contributed by atoms with Crippen LogP contribution in [-0.4, -0.2) is 23.7 Å². The van der Waals surface area contributed by atoms with Crippen molar-refractivity contribution in [1.82, 2.24) is 5.32 Å². The number of benzene rings is 1. The number of aliphatic hydroxyl groups excluding tert-OH is 1. The van der Waals surface area contributed by atoms with E-state index >= 15 is 0 Å². The van der Waals surface area contributed by atoms with Crippen molar-refractivity contribution in [3.05, 3.63) is 28.8 Å². The fourth-order valence-corrected chi connectivity index (χ4v) is 1.48. The highest BCUT2D eigenvalue weighted by molar-refractivity contribution is 6.36. The highest BCUT2D eigenvalue weighted by atomic mass is 35.5. The number of halogens is 1. The first-order valence-electron chi connectivity index (χ1n) is 5.05. The normalized spacial score (nSPS) is 12.2. The van der Waals surface area contributed by atoms with Crippen molar-refractivity contribution in [3.8, 4) is 0 Å². The molecule has 0 radical (unpaired) electrons. The van der Waals surface area contributed by atoms with Crippen molar-refractivity contribution in [2.24, 2.45) is 0 Å². The number of aliphatic hydroxyl groups is 1. The molecule has 1 aromatic carbocycles. The number of hydrogen-bond acceptors (Lipinski definition) is 3. The van der Waals surface area contributed by atoms with Crippen molar-refractivity contribution >= 4 is 23.2 Å². The standard InChI is InChI=1S/C11H15ClN2O2/c1-2-7(6-15)14-11(16)8-4-3-5-9(13)10(8)12/h3-5,7,15H,2,6,13H2,1H3,(H,14,16)/t7-/m1/s1. The van der Waals surface area contributed by atoms with Gasteiger partial charge in [0.15, 0.2) is 0 Å². The fraction of sp³-hybridized carbons (Fsp3) is 0.364. The van der Waals surface area contributed by atoms with Crippen LogP contribution in [0.2, 0.25) is 5.02 Å². The largest absolute Gasteiger partial charge is 0.398 e. The Labute approximate surface area is 99.4 Å². The molecule has 0 aliphatic carbocycles. The first-order chi connectivity index (χ1) is 7.60. The van der Waals surface area contributed by atoms with Gasteiger partial charge >= 0.3 is 0 Å². The van der Waals surface area contributed by atoms with Gasteiger partial charge in [0.05, 0.1) is 28.9 Å². The second-order valence-corrected chi connectivity index (χ2v) is 3.85. The summed E-state index contributed by atoms with van der Waals surface area (Å²) >= 11 is 5.91. The Kier molecular flexibility index (Phi) is 4.58. The van der Waals surface area contributed by atoms with E-state index in [2.05, 4.69) is 5.32 Å². The lowest BCUT2D eigenvalue weighted by molar-refractivity contribution is 0.0915. The lowest BCUT2D eigenvalue weighted by Gasteiger charge is -2.14. The van der Waals surface area contributed by atoms with Crippen LogP contribution in [0.5, 0.6) is 0 Å². The number of nitrogen functional groups attached to an aromatic ring is 1. The third-order valence-electron chi connectivity index (χ3n) is 2.32. The Morgan fingerprint density at radius 2 is 2.31 bits per heavy atom. The average molecular weight is 243 g/mol. The molecule has 0 aliphatic rings. The Morgan fingerprint density at radius 3 is 2.88 bits per heavy atom. The maximum absolute atomic E-state index is 11.8. The Bertz CT molecular complexity index is 378. The van der Waals surface area contributed by atoms with Gasteiger partial charge in [-0.3, -0.25) is 4.79 Å². The topological polar surface area (TPSA) is 75.3 Å². The third kappa shape index (κ3) is 2.87. The molecule has 88 valence electrons. The van der Waals surface area contributed by atoms with E-state index in [0.717, 1.165) is 0 Å². The summed E-state index contributed by atoms with van der Waals surface area (Å²) in [4.78, 5) is 11.8. The zero-order chi connectivity index (χ0) is 12.1. The van der Waals surface area contributed by atoms with Gasteiger partial charge in [-0.15, -0.1) is 0 Å². The van der Waals surface area contributed by atoms with Gasteiger partial charge in [-0.1, -0.05) is 24.6 Å². The van der Waals surface area contributed by atoms with Crippen LogP contribution < -0.4 is 11.1 Å². The second-order valence-electron chi connectivity index (χ2n) is 3.47. The molecule has 0 fully saturated rings. The molecule has 0 bridgehead atoms. The van der Waals surface area contributed by atoms with E-state index < -0.39 is 0 Å². The number of carbonyl (C=O) groups excluding carboxylic acids is 1. The van der Waals surface area contributed by atoms with Gasteiger partial charge in [-0.05, 0) is 18.6 Å². The number of nitrogens with one attached hydrogen (secondary N) is 1. The van der Waals surface area contributed by atoms with Crippen LogP contribution in [0, 0.1) is 0 Å². The maximum atomic E-state index is 11.8. The van der Waals surface area contributed by atoms with E-state index in [1.807, 2.05) is 6.92 Å². The Balaban J connectivity index is 2.84. The molecule has 1 rings (SSSR count). The molecule has 0 saturated carbocycles. The first kappa shape index (κ1) is 12.8. The van der Waals surface area contributed by atoms with Crippen molar-refractivity contribution in [3.63, 3.8) is 0 Å². The van der Waals surface area contributed by atoms with Crippen LogP contribution in [0.3, 0.4) is 0 Å². The van der Waals surface area contributed by atoms with Gasteiger partial charge in [-0.2, -0.15) is 0 Å². The van der Waals surface area contributed by atoms with E-state index in [-0.39, 0.29) is 23.6 Å². The molecule has 0 aromatic heterocycles. The van der Waals surface area contributed by atoms with Crippen molar-refractivity contribution < 1.29 is 9.90 Å². The zero-order valence-electron chi connectivity index (χ0n) is 9.03. The smallest absolute Gasteiger partial charge is 0.253 e. The lowest BCUT2D eigenvalue weighted by Crippen LogP contribution is -2.37. The highest BCUT2D eigenvalue weighted by Gasteiger charge is 2.15. The van der Waals surface area contributed by atoms with E-state index in [0.29, 0.717) is 17.7 Å². The van der Waals surface area contributed by atoms with Gasteiger partial charge in [-0.25, -0.2) is 0 Å². The minimum Gasteiger partial charge on any atom is -0.398 e. The summed E-state index contributed by atoms with van der Waals surface area (Å²) in [5.41, 5.74) is 6.29. The molecular formula is C11H15ClN2O2. The zero-order valence-corrected chi connectivity index (χ0v) is 9.79. The van der Waals surface area contributed by atoms with Gasteiger partial charge in [0.2, 0.25) is 0 Å². The molecule has 0 saturated heterocycles. The SMILES string of the molecule is CC[C@H](CO)NC(=O)c1cccc(N)c1Cl. The predicted octanol–water partition coefficient (Wildman–Crippen LogP) is 1.42. The van der Waals surface area contributed by atoms with Crippen LogP contribution in [0.1, 0.15) is 23.7 Å². The predicted molar refractivity (Wildman–Crippen MR) is 64.5 cm³/mol. The summed E-state index contributed by atoms with van der Waals surface area (Å²) in [5, 5.41) is 11.9. The lowest BCUT2D eigenvalue weighted by atomic mass is 10.1. The number of amides is 1. The van der Waals surface area contributed by atoms with Gasteiger partial charge < -0.3 is 16.2 Å². The number of carbonyl (C=O) groups is 1. The van der Waals surface area contributed by atoms with Crippen LogP contribution in [0.25, 0.3) is 0 Å². The highest BCUT2D eigenvalue weighted by Crippen LogP contribution is 2.22. The quantitative estimate of drug-likeness (QED) is 0.699. The van der Waals surface area contributed by atoms with Crippen molar-refractivity contribution in [1.29, 1.82) is 0 Å². The average Bonchev–Trinajstić information content (AvgIpc) is 2.29. The molecule has 16 heavy (non-hydrogen) atoms. The summed E-state index contributed by atoms with van der Waals surface area (Å²) in [7, 11) is 0. The first-order valence-corrected chi connectivity index (χ1v) is 5.43. The third-order valence-corrected chi connectivity index (χ3v) is 2.74. The van der Waals surface area contributed by atoms with Gasteiger partial charge in [0.25, 0.3) is 5.91 Å². The van der Waals surface area contributed by atoms with Gasteiger partial charge in [0, 0.05) is 0 Å². The van der Waals surface area contributed by atoms with Crippen LogP contribution in [0.15, 0.2) is 18.2 Å².